The molecule has 0 atom stereocenters. The van der Waals surface area contributed by atoms with Crippen LogP contribution in [0.1, 0.15) is 35.6 Å². The monoisotopic (exact) mass is 638 g/mol. The summed E-state index contributed by atoms with van der Waals surface area (Å²) in [5.41, 5.74) is 11.7. The molecule has 0 unspecified atom stereocenters. The largest absolute Gasteiger partial charge is 0.497 e. The van der Waals surface area contributed by atoms with Crippen molar-refractivity contribution < 1.29 is 14.0 Å². The maximum Gasteiger partial charge on any atom is 0.221 e. The molecular weight excluding hydrogens is 599 g/mol. The molecule has 0 radical (unpaired) electrons. The Kier molecular flexibility index (Phi) is 9.34. The minimum Gasteiger partial charge on any atom is -0.497 e. The molecule has 0 aliphatic rings. The number of pyridine rings is 1. The van der Waals surface area contributed by atoms with Crippen molar-refractivity contribution in [2.75, 3.05) is 14.2 Å². The maximum atomic E-state index is 5.56. The van der Waals surface area contributed by atoms with Crippen LogP contribution in [-0.2, 0) is 6.54 Å². The molecule has 0 aliphatic carbocycles. The second-order valence-corrected chi connectivity index (χ2v) is 12.2. The molecule has 7 rings (SSSR count). The number of aryl methyl sites for hydroxylation is 1. The number of fused-ring (bicyclic) bond motifs is 1. The van der Waals surface area contributed by atoms with Crippen LogP contribution < -0.4 is 14.0 Å². The Hall–Kier alpha value is -5.93. The van der Waals surface area contributed by atoms with Crippen molar-refractivity contribution in [3.63, 3.8) is 0 Å². The van der Waals surface area contributed by atoms with Gasteiger partial charge < -0.3 is 9.47 Å². The summed E-state index contributed by atoms with van der Waals surface area (Å²) < 4.78 is 13.6. The minimum atomic E-state index is 0.825. The molecule has 0 bridgehead atoms. The van der Waals surface area contributed by atoms with E-state index in [2.05, 4.69) is 151 Å². The predicted molar refractivity (Wildman–Crippen MR) is 203 cm³/mol. The molecule has 3 heteroatoms. The van der Waals surface area contributed by atoms with Gasteiger partial charge in [-0.2, -0.15) is 4.57 Å². The molecule has 0 amide bonds. The van der Waals surface area contributed by atoms with Crippen LogP contribution in [0.15, 0.2) is 164 Å². The van der Waals surface area contributed by atoms with Crippen molar-refractivity contribution in [3.05, 3.63) is 186 Å². The summed E-state index contributed by atoms with van der Waals surface area (Å²) in [4.78, 5) is 0. The highest BCUT2D eigenvalue weighted by atomic mass is 16.5. The summed E-state index contributed by atoms with van der Waals surface area (Å²) in [5.74, 6) is 1.65. The van der Waals surface area contributed by atoms with Gasteiger partial charge in [-0.15, -0.1) is 0 Å². The number of benzene rings is 6. The van der Waals surface area contributed by atoms with Crippen molar-refractivity contribution in [1.29, 1.82) is 0 Å². The molecule has 1 heterocycles. The number of methoxy groups -OCH3 is 2. The van der Waals surface area contributed by atoms with Gasteiger partial charge in [-0.3, -0.25) is 0 Å². The topological polar surface area (TPSA) is 22.3 Å². The van der Waals surface area contributed by atoms with Crippen LogP contribution in [0.2, 0.25) is 0 Å². The number of hydrogen-bond donors (Lipinski definition) is 0. The standard InChI is InChI=1S/C46H40NO2/c1-4-30-47-32-39-21-20-38(31-42(39)45(34-16-10-6-11-17-34)46(47)37-18-12-7-13-19-37)44(33-14-8-5-9-15-33)43(35-22-26-40(48-2)27-23-35)36-24-28-41(49-3)29-25-36/h5-29,31-32H,4,30H2,1-3H3/q+1. The van der Waals surface area contributed by atoms with Crippen molar-refractivity contribution >= 4 is 21.9 Å². The molecule has 0 aliphatic heterocycles. The van der Waals surface area contributed by atoms with Crippen LogP contribution in [0.5, 0.6) is 11.5 Å². The highest BCUT2D eigenvalue weighted by molar-refractivity contribution is 6.08. The molecular formula is C46H40NO2+. The van der Waals surface area contributed by atoms with E-state index in [1.165, 1.54) is 33.2 Å². The lowest BCUT2D eigenvalue weighted by Crippen LogP contribution is -2.36. The van der Waals surface area contributed by atoms with Crippen molar-refractivity contribution in [3.8, 4) is 33.9 Å². The van der Waals surface area contributed by atoms with Gasteiger partial charge in [0.1, 0.15) is 18.0 Å². The second-order valence-electron chi connectivity index (χ2n) is 12.2. The number of aromatic nitrogens is 1. The Balaban J connectivity index is 1.60. The Labute approximate surface area is 289 Å². The summed E-state index contributed by atoms with van der Waals surface area (Å²) >= 11 is 0. The quantitative estimate of drug-likeness (QED) is 0.110. The number of ether oxygens (including phenoxy) is 2. The van der Waals surface area contributed by atoms with E-state index < -0.39 is 0 Å². The number of hydrogen-bond acceptors (Lipinski definition) is 2. The van der Waals surface area contributed by atoms with Crippen LogP contribution in [0, 0.1) is 0 Å². The highest BCUT2D eigenvalue weighted by Gasteiger charge is 2.25. The molecule has 49 heavy (non-hydrogen) atoms. The van der Waals surface area contributed by atoms with Crippen molar-refractivity contribution in [2.24, 2.45) is 0 Å². The average Bonchev–Trinajstić information content (AvgIpc) is 3.17. The second kappa shape index (κ2) is 14.5. The van der Waals surface area contributed by atoms with Crippen LogP contribution in [0.25, 0.3) is 44.3 Å². The molecule has 0 saturated heterocycles. The van der Waals surface area contributed by atoms with Gasteiger partial charge in [-0.05, 0) is 87.5 Å². The van der Waals surface area contributed by atoms with E-state index in [-0.39, 0.29) is 0 Å². The Morgan fingerprint density at radius 1 is 0.510 bits per heavy atom. The van der Waals surface area contributed by atoms with Crippen LogP contribution >= 0.6 is 0 Å². The minimum absolute atomic E-state index is 0.825. The zero-order chi connectivity index (χ0) is 33.6. The van der Waals surface area contributed by atoms with E-state index in [0.717, 1.165) is 57.9 Å². The first kappa shape index (κ1) is 31.7. The summed E-state index contributed by atoms with van der Waals surface area (Å²) in [6, 6.07) is 56.1. The maximum absolute atomic E-state index is 5.56. The fourth-order valence-corrected chi connectivity index (χ4v) is 6.80. The van der Waals surface area contributed by atoms with E-state index >= 15 is 0 Å². The fourth-order valence-electron chi connectivity index (χ4n) is 6.80. The summed E-state index contributed by atoms with van der Waals surface area (Å²) in [6.45, 7) is 3.17. The lowest BCUT2D eigenvalue weighted by molar-refractivity contribution is -0.684. The van der Waals surface area contributed by atoms with Gasteiger partial charge in [0.2, 0.25) is 5.69 Å². The van der Waals surface area contributed by atoms with Crippen molar-refractivity contribution in [2.45, 2.75) is 19.9 Å². The van der Waals surface area contributed by atoms with Gasteiger partial charge in [-0.1, -0.05) is 116 Å². The first-order valence-corrected chi connectivity index (χ1v) is 16.9. The summed E-state index contributed by atoms with van der Waals surface area (Å²) in [6.07, 6.45) is 3.37. The highest BCUT2D eigenvalue weighted by Crippen LogP contribution is 2.41. The molecule has 7 aromatic rings. The first-order valence-electron chi connectivity index (χ1n) is 16.9. The Bertz CT molecular complexity index is 2160. The Morgan fingerprint density at radius 3 is 1.51 bits per heavy atom. The van der Waals surface area contributed by atoms with Crippen LogP contribution in [0.3, 0.4) is 0 Å². The Morgan fingerprint density at radius 2 is 0.980 bits per heavy atom. The van der Waals surface area contributed by atoms with Gasteiger partial charge in [-0.25, -0.2) is 0 Å². The molecule has 0 spiro atoms. The van der Waals surface area contributed by atoms with Crippen LogP contribution in [-0.4, -0.2) is 14.2 Å². The summed E-state index contributed by atoms with van der Waals surface area (Å²) in [5, 5.41) is 2.42. The van der Waals surface area contributed by atoms with E-state index in [1.807, 2.05) is 24.3 Å². The van der Waals surface area contributed by atoms with E-state index in [4.69, 9.17) is 9.47 Å². The first-order chi connectivity index (χ1) is 24.2. The van der Waals surface area contributed by atoms with Gasteiger partial charge in [0, 0.05) is 22.8 Å². The normalized spacial score (nSPS) is 10.9. The number of nitrogens with zero attached hydrogens (tertiary/aromatic N) is 1. The molecule has 240 valence electrons. The third-order valence-electron chi connectivity index (χ3n) is 9.07. The molecule has 6 aromatic carbocycles. The SMILES string of the molecule is CCC[n+]1cc2ccc(C(=C(c3ccc(OC)cc3)c3ccc(OC)cc3)c3ccccc3)cc2c(-c2ccccc2)c1-c1ccccc1. The van der Waals surface area contributed by atoms with Crippen molar-refractivity contribution in [1.82, 2.24) is 0 Å². The van der Waals surface area contributed by atoms with E-state index in [0.29, 0.717) is 0 Å². The number of rotatable bonds is 10. The molecule has 1 aromatic heterocycles. The third-order valence-corrected chi connectivity index (χ3v) is 9.07. The third kappa shape index (κ3) is 6.48. The van der Waals surface area contributed by atoms with E-state index in [1.54, 1.807) is 14.2 Å². The van der Waals surface area contributed by atoms with Gasteiger partial charge in [0.25, 0.3) is 0 Å². The van der Waals surface area contributed by atoms with Gasteiger partial charge in [0.15, 0.2) is 6.20 Å². The molecule has 3 nitrogen and oxygen atoms in total. The van der Waals surface area contributed by atoms with E-state index in [9.17, 15) is 0 Å². The zero-order valence-corrected chi connectivity index (χ0v) is 28.3. The lowest BCUT2D eigenvalue weighted by Gasteiger charge is -2.20. The predicted octanol–water partition coefficient (Wildman–Crippen LogP) is 10.9. The molecule has 0 N–H and O–H groups in total. The molecule has 0 fully saturated rings. The molecule has 0 saturated carbocycles. The summed E-state index contributed by atoms with van der Waals surface area (Å²) in [7, 11) is 3.41. The smallest absolute Gasteiger partial charge is 0.221 e. The zero-order valence-electron chi connectivity index (χ0n) is 28.3. The lowest BCUT2D eigenvalue weighted by atomic mass is 9.84. The van der Waals surface area contributed by atoms with Crippen LogP contribution in [0.4, 0.5) is 0 Å². The van der Waals surface area contributed by atoms with Gasteiger partial charge in [0.05, 0.1) is 19.8 Å². The average molecular weight is 639 g/mol. The fraction of sp³-hybridized carbons (Fsp3) is 0.109. The van der Waals surface area contributed by atoms with Gasteiger partial charge >= 0.3 is 0 Å².